The van der Waals surface area contributed by atoms with Crippen molar-refractivity contribution in [2.24, 2.45) is 7.05 Å². The van der Waals surface area contributed by atoms with E-state index in [9.17, 15) is 9.59 Å². The minimum Gasteiger partial charge on any atom is -0.355 e. The predicted octanol–water partition coefficient (Wildman–Crippen LogP) is 3.95. The number of benzene rings is 2. The van der Waals surface area contributed by atoms with Crippen molar-refractivity contribution in [3.05, 3.63) is 70.9 Å². The van der Waals surface area contributed by atoms with Crippen LogP contribution in [0.4, 0.5) is 0 Å². The Morgan fingerprint density at radius 3 is 2.62 bits per heavy atom. The number of unbranched alkanes of at least 4 members (excludes halogenated alkanes) is 1. The fourth-order valence-corrected chi connectivity index (χ4v) is 4.35. The van der Waals surface area contributed by atoms with E-state index in [1.807, 2.05) is 43.4 Å². The molecule has 0 fully saturated rings. The molecule has 0 saturated heterocycles. The van der Waals surface area contributed by atoms with Crippen LogP contribution in [0, 0.1) is 6.92 Å². The van der Waals surface area contributed by atoms with E-state index in [-0.39, 0.29) is 24.4 Å². The molecule has 3 aromatic rings. The van der Waals surface area contributed by atoms with Gasteiger partial charge in [0.1, 0.15) is 6.54 Å². The van der Waals surface area contributed by atoms with E-state index in [2.05, 4.69) is 35.9 Å². The lowest BCUT2D eigenvalue weighted by Gasteiger charge is -2.26. The molecule has 1 N–H and O–H groups in total. The van der Waals surface area contributed by atoms with Crippen LogP contribution in [-0.2, 0) is 11.8 Å². The van der Waals surface area contributed by atoms with E-state index >= 15 is 0 Å². The standard InChI is InChI=1S/C24H27N3O2/c1-4-5-14-25-21(28)15-27-23(17-10-6-7-11-18(17)24(27)29)22-16(2)26(3)20-13-9-8-12-19(20)22/h6-13,23H,4-5,14-15H2,1-3H3,(H,25,28)/t23-/m0/s1. The molecule has 2 heterocycles. The topological polar surface area (TPSA) is 54.3 Å². The Kier molecular flexibility index (Phi) is 5.14. The van der Waals surface area contributed by atoms with E-state index in [4.69, 9.17) is 0 Å². The van der Waals surface area contributed by atoms with Crippen molar-refractivity contribution in [3.8, 4) is 0 Å². The predicted molar refractivity (Wildman–Crippen MR) is 115 cm³/mol. The maximum absolute atomic E-state index is 13.2. The largest absolute Gasteiger partial charge is 0.355 e. The SMILES string of the molecule is CCCCNC(=O)CN1C(=O)c2ccccc2[C@H]1c1c(C)n(C)c2ccccc12. The number of rotatable bonds is 6. The van der Waals surface area contributed by atoms with Crippen molar-refractivity contribution in [1.82, 2.24) is 14.8 Å². The van der Waals surface area contributed by atoms with Crippen LogP contribution in [0.25, 0.3) is 10.9 Å². The monoisotopic (exact) mass is 389 g/mol. The number of hydrogen-bond acceptors (Lipinski definition) is 2. The highest BCUT2D eigenvalue weighted by Crippen LogP contribution is 2.43. The van der Waals surface area contributed by atoms with Crippen LogP contribution in [-0.4, -0.2) is 34.4 Å². The summed E-state index contributed by atoms with van der Waals surface area (Å²) >= 11 is 0. The lowest BCUT2D eigenvalue weighted by Crippen LogP contribution is -2.40. The van der Waals surface area contributed by atoms with Crippen LogP contribution >= 0.6 is 0 Å². The summed E-state index contributed by atoms with van der Waals surface area (Å²) in [5, 5.41) is 4.07. The summed E-state index contributed by atoms with van der Waals surface area (Å²) in [4.78, 5) is 27.6. The molecule has 0 radical (unpaired) electrons. The first-order valence-electron chi connectivity index (χ1n) is 10.2. The Hall–Kier alpha value is -3.08. The molecule has 4 rings (SSSR count). The number of para-hydroxylation sites is 1. The zero-order valence-corrected chi connectivity index (χ0v) is 17.2. The Balaban J connectivity index is 1.80. The zero-order chi connectivity index (χ0) is 20.5. The summed E-state index contributed by atoms with van der Waals surface area (Å²) in [6.07, 6.45) is 1.96. The highest BCUT2D eigenvalue weighted by atomic mass is 16.2. The van der Waals surface area contributed by atoms with E-state index < -0.39 is 0 Å². The Morgan fingerprint density at radius 2 is 1.83 bits per heavy atom. The number of nitrogens with zero attached hydrogens (tertiary/aromatic N) is 2. The lowest BCUT2D eigenvalue weighted by atomic mass is 9.95. The van der Waals surface area contributed by atoms with Crippen LogP contribution in [0.2, 0.25) is 0 Å². The third-order valence-corrected chi connectivity index (χ3v) is 5.95. The smallest absolute Gasteiger partial charge is 0.255 e. The first-order chi connectivity index (χ1) is 14.0. The number of hydrogen-bond donors (Lipinski definition) is 1. The molecule has 2 amide bonds. The van der Waals surface area contributed by atoms with Crippen molar-refractivity contribution in [3.63, 3.8) is 0 Å². The van der Waals surface area contributed by atoms with Gasteiger partial charge in [-0.05, 0) is 31.0 Å². The molecule has 5 nitrogen and oxygen atoms in total. The second-order valence-electron chi connectivity index (χ2n) is 7.70. The molecule has 29 heavy (non-hydrogen) atoms. The quantitative estimate of drug-likeness (QED) is 0.649. The van der Waals surface area contributed by atoms with Gasteiger partial charge in [0.05, 0.1) is 6.04 Å². The van der Waals surface area contributed by atoms with Crippen molar-refractivity contribution in [1.29, 1.82) is 0 Å². The molecule has 5 heteroatoms. The van der Waals surface area contributed by atoms with Gasteiger partial charge in [0.15, 0.2) is 0 Å². The maximum atomic E-state index is 13.2. The minimum atomic E-state index is -0.262. The summed E-state index contributed by atoms with van der Waals surface area (Å²) in [6, 6.07) is 15.7. The van der Waals surface area contributed by atoms with Crippen LogP contribution in [0.3, 0.4) is 0 Å². The summed E-state index contributed by atoms with van der Waals surface area (Å²) in [5.74, 6) is -0.189. The van der Waals surface area contributed by atoms with Gasteiger partial charge in [-0.2, -0.15) is 0 Å². The van der Waals surface area contributed by atoms with Gasteiger partial charge in [-0.25, -0.2) is 0 Å². The number of amides is 2. The first-order valence-corrected chi connectivity index (χ1v) is 10.2. The number of aromatic nitrogens is 1. The highest BCUT2D eigenvalue weighted by Gasteiger charge is 2.40. The molecular weight excluding hydrogens is 362 g/mol. The Labute approximate surface area is 171 Å². The van der Waals surface area contributed by atoms with Gasteiger partial charge < -0.3 is 14.8 Å². The van der Waals surface area contributed by atoms with E-state index in [0.29, 0.717) is 12.1 Å². The lowest BCUT2D eigenvalue weighted by molar-refractivity contribution is -0.122. The van der Waals surface area contributed by atoms with Crippen LogP contribution in [0.15, 0.2) is 48.5 Å². The van der Waals surface area contributed by atoms with Crippen molar-refractivity contribution in [2.75, 3.05) is 13.1 Å². The van der Waals surface area contributed by atoms with Gasteiger partial charge in [0, 0.05) is 41.3 Å². The van der Waals surface area contributed by atoms with Crippen LogP contribution in [0.1, 0.15) is 53.0 Å². The molecule has 0 saturated carbocycles. The molecule has 2 aromatic carbocycles. The molecule has 0 spiro atoms. The van der Waals surface area contributed by atoms with Crippen LogP contribution in [0.5, 0.6) is 0 Å². The summed E-state index contributed by atoms with van der Waals surface area (Å²) in [7, 11) is 2.05. The molecule has 0 unspecified atom stereocenters. The van der Waals surface area contributed by atoms with Crippen molar-refractivity contribution < 1.29 is 9.59 Å². The highest BCUT2D eigenvalue weighted by molar-refractivity contribution is 6.02. The first kappa shape index (κ1) is 19.2. The molecule has 1 aliphatic heterocycles. The number of carbonyl (C=O) groups excluding carboxylic acids is 2. The average molecular weight is 389 g/mol. The molecule has 1 atom stereocenters. The molecule has 150 valence electrons. The van der Waals surface area contributed by atoms with Gasteiger partial charge in [0.2, 0.25) is 5.91 Å². The molecule has 0 aliphatic carbocycles. The van der Waals surface area contributed by atoms with Gasteiger partial charge >= 0.3 is 0 Å². The number of carbonyl (C=O) groups is 2. The van der Waals surface area contributed by atoms with Crippen molar-refractivity contribution in [2.45, 2.75) is 32.7 Å². The summed E-state index contributed by atoms with van der Waals surface area (Å²) in [5.41, 5.74) is 4.99. The van der Waals surface area contributed by atoms with Gasteiger partial charge in [0.25, 0.3) is 5.91 Å². The van der Waals surface area contributed by atoms with Gasteiger partial charge in [-0.15, -0.1) is 0 Å². The Morgan fingerprint density at radius 1 is 1.10 bits per heavy atom. The fraction of sp³-hybridized carbons (Fsp3) is 0.333. The molecule has 0 bridgehead atoms. The zero-order valence-electron chi connectivity index (χ0n) is 17.2. The third kappa shape index (κ3) is 3.20. The maximum Gasteiger partial charge on any atom is 0.255 e. The average Bonchev–Trinajstić information content (AvgIpc) is 3.14. The van der Waals surface area contributed by atoms with Gasteiger partial charge in [-0.3, -0.25) is 9.59 Å². The number of nitrogens with one attached hydrogen (secondary N) is 1. The Bertz CT molecular complexity index is 1080. The number of aryl methyl sites for hydroxylation is 1. The third-order valence-electron chi connectivity index (χ3n) is 5.95. The van der Waals surface area contributed by atoms with E-state index in [1.165, 1.54) is 0 Å². The van der Waals surface area contributed by atoms with E-state index in [1.54, 1.807) is 4.90 Å². The van der Waals surface area contributed by atoms with Crippen molar-refractivity contribution >= 4 is 22.7 Å². The fourth-order valence-electron chi connectivity index (χ4n) is 4.35. The minimum absolute atomic E-state index is 0.0601. The molecule has 1 aromatic heterocycles. The van der Waals surface area contributed by atoms with Gasteiger partial charge in [-0.1, -0.05) is 49.7 Å². The van der Waals surface area contributed by atoms with E-state index in [0.717, 1.165) is 40.6 Å². The second-order valence-corrected chi connectivity index (χ2v) is 7.70. The molecule has 1 aliphatic rings. The number of fused-ring (bicyclic) bond motifs is 2. The summed E-state index contributed by atoms with van der Waals surface area (Å²) in [6.45, 7) is 4.87. The normalized spacial score (nSPS) is 15.8. The second kappa shape index (κ2) is 7.74. The van der Waals surface area contributed by atoms with Crippen LogP contribution < -0.4 is 5.32 Å². The molecular formula is C24H27N3O2. The summed E-state index contributed by atoms with van der Waals surface area (Å²) < 4.78 is 2.16.